The second-order valence-corrected chi connectivity index (χ2v) is 6.18. The monoisotopic (exact) mass is 377 g/mol. The Balaban J connectivity index is 1.80. The van der Waals surface area contributed by atoms with Crippen LogP contribution >= 0.6 is 0 Å². The molecule has 0 radical (unpaired) electrons. The van der Waals surface area contributed by atoms with Crippen molar-refractivity contribution in [1.29, 1.82) is 0 Å². The van der Waals surface area contributed by atoms with Crippen molar-refractivity contribution in [1.82, 2.24) is 0 Å². The standard InChI is InChI=1S/C20H18F3NO3/c1-2-27-18(25)11-6-13-4-3-5-16-17(13)12-24(19(16)26)15-9-7-14(8-10-15)20(21,22)23/h3-5,7-10H,2,6,11-12H2,1H3. The van der Waals surface area contributed by atoms with E-state index < -0.39 is 11.7 Å². The van der Waals surface area contributed by atoms with Gasteiger partial charge in [0.15, 0.2) is 0 Å². The van der Waals surface area contributed by atoms with E-state index in [2.05, 4.69) is 0 Å². The van der Waals surface area contributed by atoms with Gasteiger partial charge < -0.3 is 9.64 Å². The Labute approximate surface area is 154 Å². The molecule has 1 aliphatic rings. The fourth-order valence-electron chi connectivity index (χ4n) is 3.14. The molecule has 1 heterocycles. The maximum Gasteiger partial charge on any atom is 0.416 e. The first-order chi connectivity index (χ1) is 12.8. The van der Waals surface area contributed by atoms with Crippen molar-refractivity contribution >= 4 is 17.6 Å². The molecule has 0 spiro atoms. The number of halogens is 3. The minimum absolute atomic E-state index is 0.207. The van der Waals surface area contributed by atoms with E-state index in [0.29, 0.717) is 24.3 Å². The second kappa shape index (κ2) is 7.42. The molecule has 27 heavy (non-hydrogen) atoms. The number of rotatable bonds is 5. The molecule has 2 aromatic carbocycles. The summed E-state index contributed by atoms with van der Waals surface area (Å²) in [4.78, 5) is 25.7. The number of hydrogen-bond acceptors (Lipinski definition) is 3. The van der Waals surface area contributed by atoms with Gasteiger partial charge in [0, 0.05) is 17.7 Å². The van der Waals surface area contributed by atoms with Crippen LogP contribution in [-0.4, -0.2) is 18.5 Å². The van der Waals surface area contributed by atoms with Gasteiger partial charge in [-0.2, -0.15) is 13.2 Å². The summed E-state index contributed by atoms with van der Waals surface area (Å²) >= 11 is 0. The van der Waals surface area contributed by atoms with Crippen LogP contribution < -0.4 is 4.90 Å². The highest BCUT2D eigenvalue weighted by atomic mass is 19.4. The van der Waals surface area contributed by atoms with Crippen LogP contribution in [0.1, 0.15) is 40.4 Å². The average molecular weight is 377 g/mol. The Morgan fingerprint density at radius 3 is 2.48 bits per heavy atom. The highest BCUT2D eigenvalue weighted by Crippen LogP contribution is 2.34. The fourth-order valence-corrected chi connectivity index (χ4v) is 3.14. The molecule has 7 heteroatoms. The summed E-state index contributed by atoms with van der Waals surface area (Å²) < 4.78 is 43.1. The van der Waals surface area contributed by atoms with Crippen LogP contribution in [-0.2, 0) is 28.7 Å². The number of ether oxygens (including phenoxy) is 1. The third-order valence-electron chi connectivity index (χ3n) is 4.47. The molecule has 0 saturated heterocycles. The number of carbonyl (C=O) groups excluding carboxylic acids is 2. The van der Waals surface area contributed by atoms with Crippen molar-refractivity contribution in [2.45, 2.75) is 32.5 Å². The molecular formula is C20H18F3NO3. The van der Waals surface area contributed by atoms with E-state index in [1.807, 2.05) is 6.07 Å². The lowest BCUT2D eigenvalue weighted by atomic mass is 9.99. The first-order valence-corrected chi connectivity index (χ1v) is 8.56. The van der Waals surface area contributed by atoms with E-state index in [-0.39, 0.29) is 24.8 Å². The lowest BCUT2D eigenvalue weighted by Crippen LogP contribution is -2.23. The third kappa shape index (κ3) is 3.97. The van der Waals surface area contributed by atoms with Crippen molar-refractivity contribution < 1.29 is 27.5 Å². The van der Waals surface area contributed by atoms with Crippen LogP contribution in [0, 0.1) is 0 Å². The van der Waals surface area contributed by atoms with Gasteiger partial charge in [-0.1, -0.05) is 12.1 Å². The minimum atomic E-state index is -4.42. The van der Waals surface area contributed by atoms with E-state index in [1.54, 1.807) is 19.1 Å². The number of aryl methyl sites for hydroxylation is 1. The molecule has 0 aliphatic carbocycles. The van der Waals surface area contributed by atoms with E-state index >= 15 is 0 Å². The lowest BCUT2D eigenvalue weighted by Gasteiger charge is -2.17. The predicted octanol–water partition coefficient (Wildman–Crippen LogP) is 4.36. The number of benzene rings is 2. The normalized spacial score (nSPS) is 13.6. The number of anilines is 1. The summed E-state index contributed by atoms with van der Waals surface area (Å²) in [5, 5.41) is 0. The van der Waals surface area contributed by atoms with Gasteiger partial charge in [0.25, 0.3) is 5.91 Å². The Kier molecular flexibility index (Phi) is 5.21. The average Bonchev–Trinajstić information content (AvgIpc) is 2.97. The van der Waals surface area contributed by atoms with Crippen LogP contribution in [0.4, 0.5) is 18.9 Å². The molecule has 2 aromatic rings. The molecule has 1 aliphatic heterocycles. The topological polar surface area (TPSA) is 46.6 Å². The summed E-state index contributed by atoms with van der Waals surface area (Å²) in [6.07, 6.45) is -3.77. The molecule has 4 nitrogen and oxygen atoms in total. The first-order valence-electron chi connectivity index (χ1n) is 8.56. The third-order valence-corrected chi connectivity index (χ3v) is 4.47. The summed E-state index contributed by atoms with van der Waals surface area (Å²) in [5.41, 5.74) is 1.82. The van der Waals surface area contributed by atoms with Crippen LogP contribution in [0.5, 0.6) is 0 Å². The summed E-state index contributed by atoms with van der Waals surface area (Å²) in [6.45, 7) is 2.31. The summed E-state index contributed by atoms with van der Waals surface area (Å²) in [5.74, 6) is -0.568. The molecule has 0 fully saturated rings. The Bertz CT molecular complexity index is 860. The maximum atomic E-state index is 12.7. The SMILES string of the molecule is CCOC(=O)CCc1cccc2c1CN(c1ccc(C(F)(F)F)cc1)C2=O. The summed E-state index contributed by atoms with van der Waals surface area (Å²) in [7, 11) is 0. The molecule has 142 valence electrons. The van der Waals surface area contributed by atoms with Crippen LogP contribution in [0.25, 0.3) is 0 Å². The molecule has 0 aromatic heterocycles. The van der Waals surface area contributed by atoms with Crippen LogP contribution in [0.15, 0.2) is 42.5 Å². The zero-order chi connectivity index (χ0) is 19.6. The Morgan fingerprint density at radius 2 is 1.85 bits per heavy atom. The zero-order valence-electron chi connectivity index (χ0n) is 14.7. The molecule has 0 bridgehead atoms. The van der Waals surface area contributed by atoms with Gasteiger partial charge in [-0.15, -0.1) is 0 Å². The minimum Gasteiger partial charge on any atom is -0.466 e. The largest absolute Gasteiger partial charge is 0.466 e. The Morgan fingerprint density at radius 1 is 1.15 bits per heavy atom. The van der Waals surface area contributed by atoms with Crippen molar-refractivity contribution in [3.63, 3.8) is 0 Å². The lowest BCUT2D eigenvalue weighted by molar-refractivity contribution is -0.143. The Hall–Kier alpha value is -2.83. The number of esters is 1. The molecule has 0 atom stereocenters. The molecule has 0 saturated carbocycles. The van der Waals surface area contributed by atoms with Crippen LogP contribution in [0.3, 0.4) is 0 Å². The molecular weight excluding hydrogens is 359 g/mol. The van der Waals surface area contributed by atoms with Crippen molar-refractivity contribution in [3.8, 4) is 0 Å². The number of carbonyl (C=O) groups is 2. The smallest absolute Gasteiger partial charge is 0.416 e. The zero-order valence-corrected chi connectivity index (χ0v) is 14.7. The number of alkyl halides is 3. The number of nitrogens with zero attached hydrogens (tertiary/aromatic N) is 1. The number of fused-ring (bicyclic) bond motifs is 1. The van der Waals surface area contributed by atoms with Gasteiger partial charge >= 0.3 is 12.1 Å². The molecule has 1 amide bonds. The molecule has 0 N–H and O–H groups in total. The number of amides is 1. The van der Waals surface area contributed by atoms with Crippen molar-refractivity contribution in [2.24, 2.45) is 0 Å². The van der Waals surface area contributed by atoms with Crippen molar-refractivity contribution in [3.05, 3.63) is 64.7 Å². The second-order valence-electron chi connectivity index (χ2n) is 6.18. The highest BCUT2D eigenvalue weighted by Gasteiger charge is 2.33. The quantitative estimate of drug-likeness (QED) is 0.728. The molecule has 0 unspecified atom stereocenters. The van der Waals surface area contributed by atoms with E-state index in [0.717, 1.165) is 23.3 Å². The number of hydrogen-bond donors (Lipinski definition) is 0. The van der Waals surface area contributed by atoms with E-state index in [4.69, 9.17) is 4.74 Å². The fraction of sp³-hybridized carbons (Fsp3) is 0.300. The van der Waals surface area contributed by atoms with Crippen molar-refractivity contribution in [2.75, 3.05) is 11.5 Å². The molecule has 3 rings (SSSR count). The van der Waals surface area contributed by atoms with E-state index in [1.165, 1.54) is 17.0 Å². The van der Waals surface area contributed by atoms with Gasteiger partial charge in [-0.05, 0) is 54.8 Å². The van der Waals surface area contributed by atoms with Crippen LogP contribution in [0.2, 0.25) is 0 Å². The van der Waals surface area contributed by atoms with Gasteiger partial charge in [-0.3, -0.25) is 9.59 Å². The van der Waals surface area contributed by atoms with Gasteiger partial charge in [0.2, 0.25) is 0 Å². The predicted molar refractivity (Wildman–Crippen MR) is 93.4 cm³/mol. The highest BCUT2D eigenvalue weighted by molar-refractivity contribution is 6.10. The summed E-state index contributed by atoms with van der Waals surface area (Å²) in [6, 6.07) is 9.81. The van der Waals surface area contributed by atoms with Gasteiger partial charge in [-0.25, -0.2) is 0 Å². The first kappa shape index (κ1) is 18.9. The maximum absolute atomic E-state index is 12.7. The van der Waals surface area contributed by atoms with Gasteiger partial charge in [0.05, 0.1) is 18.7 Å². The van der Waals surface area contributed by atoms with Gasteiger partial charge in [0.1, 0.15) is 0 Å². The van der Waals surface area contributed by atoms with E-state index in [9.17, 15) is 22.8 Å².